The fourth-order valence-corrected chi connectivity index (χ4v) is 9.23. The minimum Gasteiger partial charge on any atom is -0.457 e. The number of amides is 1. The number of aryl methyl sites for hydroxylation is 1. The van der Waals surface area contributed by atoms with E-state index in [2.05, 4.69) is 37.5 Å². The van der Waals surface area contributed by atoms with Crippen LogP contribution in [0.4, 0.5) is 27.6 Å². The Kier molecular flexibility index (Phi) is 18.1. The van der Waals surface area contributed by atoms with Crippen LogP contribution >= 0.6 is 46.4 Å². The van der Waals surface area contributed by atoms with Gasteiger partial charge in [0.2, 0.25) is 11.6 Å². The Morgan fingerprint density at radius 1 is 0.776 bits per heavy atom. The first-order valence-corrected chi connectivity index (χ1v) is 24.8. The van der Waals surface area contributed by atoms with E-state index < -0.39 is 47.1 Å². The van der Waals surface area contributed by atoms with Crippen molar-refractivity contribution in [1.29, 1.82) is 0 Å². The van der Waals surface area contributed by atoms with Crippen LogP contribution < -0.4 is 10.1 Å². The first-order valence-electron chi connectivity index (χ1n) is 23.3. The molecule has 1 amide bonds. The van der Waals surface area contributed by atoms with Crippen LogP contribution in [0.15, 0.2) is 129 Å². The Hall–Kier alpha value is -6.49. The van der Waals surface area contributed by atoms with Gasteiger partial charge in [0.15, 0.2) is 17.5 Å². The SMILES string of the molecule is CC1COC(Cn2cncn2)(c2ccc(Oc3ccc(Cl)cc3)cc2Cl)O1.CCCC1COC(Cn2cncn2)(c2ccc(Cl)cc2Cl)O1.Cn1cc(C(=O)Nc2ccccc2-c2cc(F)c(F)c(F)c2)c(C(F)F)n1. The summed E-state index contributed by atoms with van der Waals surface area (Å²) in [5, 5.41) is 16.5. The van der Waals surface area contributed by atoms with E-state index in [9.17, 15) is 26.7 Å². The Morgan fingerprint density at radius 2 is 1.37 bits per heavy atom. The zero-order valence-corrected chi connectivity index (χ0v) is 43.6. The highest BCUT2D eigenvalue weighted by Gasteiger charge is 2.46. The number of carbonyl (C=O) groups excluding carboxylic acids is 1. The number of halogens is 9. The van der Waals surface area contributed by atoms with Crippen molar-refractivity contribution in [2.24, 2.45) is 7.05 Å². The third kappa shape index (κ3) is 13.4. The molecule has 3 aromatic heterocycles. The second kappa shape index (κ2) is 24.7. The van der Waals surface area contributed by atoms with E-state index in [0.717, 1.165) is 41.4 Å². The van der Waals surface area contributed by atoms with Crippen molar-refractivity contribution < 1.29 is 50.4 Å². The molecule has 10 rings (SSSR count). The van der Waals surface area contributed by atoms with E-state index in [4.69, 9.17) is 70.1 Å². The highest BCUT2D eigenvalue weighted by molar-refractivity contribution is 6.35. The van der Waals surface area contributed by atoms with E-state index in [1.807, 2.05) is 25.1 Å². The lowest BCUT2D eigenvalue weighted by Gasteiger charge is -2.29. The van der Waals surface area contributed by atoms with E-state index in [1.165, 1.54) is 37.9 Å². The lowest BCUT2D eigenvalue weighted by atomic mass is 10.0. The zero-order chi connectivity index (χ0) is 54.1. The number of ether oxygens (including phenoxy) is 5. The molecule has 2 fully saturated rings. The standard InChI is InChI=1S/C19H17Cl2N3O3.C18H12F5N3O.C15H17Cl2N3O2/c1-13-9-25-19(27-13,10-24-12-22-11-23-24)17-7-6-16(8-18(17)21)26-15-4-2-14(20)3-5-15;1-26-8-11(16(25-26)17(22)23)18(27)24-14-5-3-2-4-10(14)9-6-12(19)15(21)13(20)7-9;1-2-3-12-7-21-15(22-12,8-20-10-18-9-19-20)13-5-4-11(16)6-14(13)17/h2-8,11-13H,9-10H2,1H3;2-8,17H,1H3,(H,24,27);4-6,9-10,12H,2-3,7-8H2,1H3. The Morgan fingerprint density at radius 3 is 1.95 bits per heavy atom. The monoisotopic (exact) mass is 1130 g/mol. The maximum absolute atomic E-state index is 13.5. The molecule has 0 aliphatic carbocycles. The van der Waals surface area contributed by atoms with Crippen LogP contribution in [0.1, 0.15) is 60.3 Å². The molecular formula is C52H46Cl4F5N9O6. The third-order valence-electron chi connectivity index (χ3n) is 11.6. The van der Waals surface area contributed by atoms with Gasteiger partial charge in [0.25, 0.3) is 12.3 Å². The molecule has 1 N–H and O–H groups in total. The van der Waals surface area contributed by atoms with Crippen molar-refractivity contribution in [2.75, 3.05) is 18.5 Å². The van der Waals surface area contributed by atoms with Gasteiger partial charge in [0.05, 0.1) is 41.0 Å². The van der Waals surface area contributed by atoms with E-state index in [1.54, 1.807) is 70.5 Å². The van der Waals surface area contributed by atoms with Crippen molar-refractivity contribution in [3.8, 4) is 22.6 Å². The topological polar surface area (TPSA) is 154 Å². The summed E-state index contributed by atoms with van der Waals surface area (Å²) < 4.78 is 101. The second-order valence-electron chi connectivity index (χ2n) is 17.2. The number of aromatic nitrogens is 8. The third-order valence-corrected chi connectivity index (χ3v) is 12.7. The molecule has 2 aliphatic rings. The van der Waals surface area contributed by atoms with Crippen molar-refractivity contribution in [2.45, 2.75) is 70.0 Å². The van der Waals surface area contributed by atoms with Crippen LogP contribution in [0.5, 0.6) is 11.5 Å². The van der Waals surface area contributed by atoms with Gasteiger partial charge in [-0.15, -0.1) is 0 Å². The molecule has 15 nitrogen and oxygen atoms in total. The van der Waals surface area contributed by atoms with Gasteiger partial charge in [-0.05, 0) is 91.7 Å². The molecule has 398 valence electrons. The van der Waals surface area contributed by atoms with Gasteiger partial charge in [-0.2, -0.15) is 15.3 Å². The van der Waals surface area contributed by atoms with Gasteiger partial charge < -0.3 is 29.0 Å². The van der Waals surface area contributed by atoms with Gasteiger partial charge in [-0.1, -0.05) is 84.0 Å². The molecule has 4 atom stereocenters. The fourth-order valence-electron chi connectivity index (χ4n) is 8.24. The minimum atomic E-state index is -2.96. The van der Waals surface area contributed by atoms with Crippen molar-refractivity contribution in [3.63, 3.8) is 0 Å². The Balaban J connectivity index is 0.000000152. The molecule has 5 heterocycles. The molecular weight excluding hydrogens is 1080 g/mol. The van der Waals surface area contributed by atoms with Crippen LogP contribution in [0.3, 0.4) is 0 Å². The molecule has 5 aromatic carbocycles. The highest BCUT2D eigenvalue weighted by Crippen LogP contribution is 2.43. The summed E-state index contributed by atoms with van der Waals surface area (Å²) in [6, 6.07) is 25.3. The van der Waals surface area contributed by atoms with Crippen LogP contribution in [-0.2, 0) is 50.7 Å². The number of hydrogen-bond donors (Lipinski definition) is 1. The maximum Gasteiger partial charge on any atom is 0.282 e. The summed E-state index contributed by atoms with van der Waals surface area (Å²) in [7, 11) is 1.39. The predicted octanol–water partition coefficient (Wildman–Crippen LogP) is 13.0. The molecule has 2 aliphatic heterocycles. The van der Waals surface area contributed by atoms with Crippen molar-refractivity contribution >= 4 is 58.0 Å². The first kappa shape index (κ1) is 55.7. The number of carbonyl (C=O) groups is 1. The van der Waals surface area contributed by atoms with Gasteiger partial charge in [0, 0.05) is 45.7 Å². The van der Waals surface area contributed by atoms with Gasteiger partial charge >= 0.3 is 0 Å². The van der Waals surface area contributed by atoms with Crippen LogP contribution in [0.2, 0.25) is 20.1 Å². The molecule has 2 saturated heterocycles. The molecule has 0 saturated carbocycles. The molecule has 0 bridgehead atoms. The lowest BCUT2D eigenvalue weighted by molar-refractivity contribution is -0.189. The Bertz CT molecular complexity index is 3230. The van der Waals surface area contributed by atoms with E-state index in [0.29, 0.717) is 63.5 Å². The number of anilines is 1. The van der Waals surface area contributed by atoms with Gasteiger partial charge in [0.1, 0.15) is 55.6 Å². The smallest absolute Gasteiger partial charge is 0.282 e. The fraction of sp³-hybridized carbons (Fsp3) is 0.269. The largest absolute Gasteiger partial charge is 0.457 e. The summed E-state index contributed by atoms with van der Waals surface area (Å²) in [4.78, 5) is 20.4. The lowest BCUT2D eigenvalue weighted by Crippen LogP contribution is -2.34. The van der Waals surface area contributed by atoms with Crippen molar-refractivity contribution in [1.82, 2.24) is 39.3 Å². The highest BCUT2D eigenvalue weighted by atomic mass is 35.5. The predicted molar refractivity (Wildman–Crippen MR) is 273 cm³/mol. The quantitative estimate of drug-likeness (QED) is 0.0817. The normalized spacial score (nSPS) is 19.0. The van der Waals surface area contributed by atoms with Gasteiger partial charge in [-0.3, -0.25) is 9.48 Å². The van der Waals surface area contributed by atoms with Crippen LogP contribution in [0.25, 0.3) is 11.1 Å². The number of hydrogen-bond acceptors (Lipinski definition) is 11. The van der Waals surface area contributed by atoms with Crippen LogP contribution in [-0.4, -0.2) is 70.6 Å². The number of nitrogens with one attached hydrogen (secondary N) is 1. The molecule has 4 unspecified atom stereocenters. The minimum absolute atomic E-state index is 0.0254. The number of nitrogens with zero attached hydrogens (tertiary/aromatic N) is 8. The number of benzene rings is 5. The zero-order valence-electron chi connectivity index (χ0n) is 40.5. The van der Waals surface area contributed by atoms with Gasteiger partial charge in [-0.25, -0.2) is 41.3 Å². The van der Waals surface area contributed by atoms with E-state index in [-0.39, 0.29) is 34.6 Å². The maximum atomic E-state index is 13.5. The second-order valence-corrected chi connectivity index (χ2v) is 18.9. The first-order chi connectivity index (χ1) is 36.4. The number of alkyl halides is 2. The molecule has 24 heteroatoms. The summed E-state index contributed by atoms with van der Waals surface area (Å²) in [6.07, 6.45) is 6.32. The summed E-state index contributed by atoms with van der Waals surface area (Å²) in [6.45, 7) is 5.80. The van der Waals surface area contributed by atoms with E-state index >= 15 is 0 Å². The molecule has 76 heavy (non-hydrogen) atoms. The number of rotatable bonds is 14. The average molecular weight is 1130 g/mol. The summed E-state index contributed by atoms with van der Waals surface area (Å²) >= 11 is 24.8. The summed E-state index contributed by atoms with van der Waals surface area (Å²) in [5.74, 6) is -5.98. The molecule has 8 aromatic rings. The number of para-hydroxylation sites is 1. The summed E-state index contributed by atoms with van der Waals surface area (Å²) in [5.41, 5.74) is 0.718. The van der Waals surface area contributed by atoms with Crippen molar-refractivity contribution in [3.05, 3.63) is 188 Å². The Labute approximate surface area is 452 Å². The van der Waals surface area contributed by atoms with Crippen LogP contribution in [0, 0.1) is 17.5 Å². The average Bonchev–Trinajstić information content (AvgIpc) is 4.28. The molecule has 0 radical (unpaired) electrons. The molecule has 0 spiro atoms.